The molecule has 0 bridgehead atoms. The van der Waals surface area contributed by atoms with Gasteiger partial charge in [0.05, 0.1) is 0 Å². The van der Waals surface area contributed by atoms with Gasteiger partial charge in [0.2, 0.25) is 0 Å². The van der Waals surface area contributed by atoms with Crippen molar-refractivity contribution in [2.45, 2.75) is 58.7 Å². The summed E-state index contributed by atoms with van der Waals surface area (Å²) >= 11 is 0. The van der Waals surface area contributed by atoms with Crippen LogP contribution >= 0.6 is 0 Å². The molecule has 3 atom stereocenters. The minimum absolute atomic E-state index is 0.0488. The van der Waals surface area contributed by atoms with E-state index in [4.69, 9.17) is 10.5 Å². The monoisotopic (exact) mass is 278 g/mol. The fourth-order valence-electron chi connectivity index (χ4n) is 1.99. The van der Waals surface area contributed by atoms with E-state index < -0.39 is 6.10 Å². The van der Waals surface area contributed by atoms with E-state index in [1.54, 1.807) is 6.92 Å². The van der Waals surface area contributed by atoms with Gasteiger partial charge in [0, 0.05) is 12.1 Å². The number of ether oxygens (including phenoxy) is 1. The van der Waals surface area contributed by atoms with Crippen LogP contribution in [0.15, 0.2) is 24.3 Å². The van der Waals surface area contributed by atoms with Gasteiger partial charge in [0.1, 0.15) is 5.75 Å². The normalized spacial score (nSPS) is 15.2. The second kappa shape index (κ2) is 7.90. The molecule has 20 heavy (non-hydrogen) atoms. The Balaban J connectivity index is 2.59. The Morgan fingerprint density at radius 1 is 1.35 bits per heavy atom. The number of rotatable bonds is 7. The maximum absolute atomic E-state index is 12.0. The van der Waals surface area contributed by atoms with E-state index in [9.17, 15) is 4.79 Å². The predicted octanol–water partition coefficient (Wildman–Crippen LogP) is 2.78. The molecule has 1 amide bonds. The average Bonchev–Trinajstić information content (AvgIpc) is 2.39. The van der Waals surface area contributed by atoms with Crippen LogP contribution in [-0.2, 0) is 4.79 Å². The summed E-state index contributed by atoms with van der Waals surface area (Å²) in [6.07, 6.45) is 1.50. The van der Waals surface area contributed by atoms with Gasteiger partial charge in [-0.05, 0) is 44.9 Å². The molecule has 4 heteroatoms. The summed E-state index contributed by atoms with van der Waals surface area (Å²) in [5, 5.41) is 2.95. The number of hydrogen-bond donors (Lipinski definition) is 2. The summed E-state index contributed by atoms with van der Waals surface area (Å²) in [6, 6.07) is 7.68. The molecule has 0 aliphatic heterocycles. The molecule has 3 N–H and O–H groups in total. The summed E-state index contributed by atoms with van der Waals surface area (Å²) in [6.45, 7) is 7.78. The highest BCUT2D eigenvalue weighted by Gasteiger charge is 2.16. The van der Waals surface area contributed by atoms with Crippen molar-refractivity contribution in [2.75, 3.05) is 0 Å². The third-order valence-electron chi connectivity index (χ3n) is 3.18. The molecule has 0 spiro atoms. The molecule has 0 heterocycles. The number of carbonyl (C=O) groups excluding carboxylic acids is 1. The summed E-state index contributed by atoms with van der Waals surface area (Å²) in [7, 11) is 0. The molecule has 1 aromatic rings. The number of benzene rings is 1. The minimum Gasteiger partial charge on any atom is -0.481 e. The number of carbonyl (C=O) groups is 1. The first-order valence-electron chi connectivity index (χ1n) is 7.26. The highest BCUT2D eigenvalue weighted by molar-refractivity contribution is 5.80. The quantitative estimate of drug-likeness (QED) is 0.806. The molecule has 0 aromatic heterocycles. The molecular weight excluding hydrogens is 252 g/mol. The van der Waals surface area contributed by atoms with Crippen molar-refractivity contribution in [2.24, 2.45) is 5.73 Å². The van der Waals surface area contributed by atoms with Crippen LogP contribution in [0.1, 0.15) is 52.1 Å². The van der Waals surface area contributed by atoms with Gasteiger partial charge < -0.3 is 15.8 Å². The largest absolute Gasteiger partial charge is 0.481 e. The van der Waals surface area contributed by atoms with Gasteiger partial charge in [-0.3, -0.25) is 4.79 Å². The highest BCUT2D eigenvalue weighted by Crippen LogP contribution is 2.18. The van der Waals surface area contributed by atoms with E-state index in [1.807, 2.05) is 38.1 Å². The molecule has 4 nitrogen and oxygen atoms in total. The van der Waals surface area contributed by atoms with Crippen LogP contribution in [0, 0.1) is 0 Å². The Morgan fingerprint density at radius 2 is 2.05 bits per heavy atom. The van der Waals surface area contributed by atoms with Crippen LogP contribution in [0.25, 0.3) is 0 Å². The van der Waals surface area contributed by atoms with Crippen LogP contribution < -0.4 is 15.8 Å². The van der Waals surface area contributed by atoms with Crippen LogP contribution in [-0.4, -0.2) is 18.1 Å². The van der Waals surface area contributed by atoms with Gasteiger partial charge >= 0.3 is 0 Å². The molecule has 0 aliphatic rings. The maximum Gasteiger partial charge on any atom is 0.260 e. The molecule has 0 saturated heterocycles. The molecular formula is C16H26N2O2. The summed E-state index contributed by atoms with van der Waals surface area (Å²) in [4.78, 5) is 12.0. The van der Waals surface area contributed by atoms with Crippen molar-refractivity contribution in [1.29, 1.82) is 0 Å². The van der Waals surface area contributed by atoms with Crippen LogP contribution in [0.5, 0.6) is 5.75 Å². The van der Waals surface area contributed by atoms with Gasteiger partial charge in [-0.2, -0.15) is 0 Å². The van der Waals surface area contributed by atoms with Crippen molar-refractivity contribution < 1.29 is 9.53 Å². The first-order valence-corrected chi connectivity index (χ1v) is 7.26. The third-order valence-corrected chi connectivity index (χ3v) is 3.18. The Labute approximate surface area is 121 Å². The van der Waals surface area contributed by atoms with Crippen molar-refractivity contribution >= 4 is 5.91 Å². The van der Waals surface area contributed by atoms with Gasteiger partial charge in [-0.25, -0.2) is 0 Å². The maximum atomic E-state index is 12.0. The molecule has 1 rings (SSSR count). The smallest absolute Gasteiger partial charge is 0.260 e. The van der Waals surface area contributed by atoms with E-state index >= 15 is 0 Å². The summed E-state index contributed by atoms with van der Waals surface area (Å²) in [5.41, 5.74) is 6.83. The molecule has 0 saturated carbocycles. The summed E-state index contributed by atoms with van der Waals surface area (Å²) < 4.78 is 5.68. The molecule has 112 valence electrons. The molecule has 2 unspecified atom stereocenters. The number of hydrogen-bond acceptors (Lipinski definition) is 3. The van der Waals surface area contributed by atoms with Gasteiger partial charge in [-0.1, -0.05) is 25.5 Å². The Kier molecular flexibility index (Phi) is 6.52. The first kappa shape index (κ1) is 16.5. The van der Waals surface area contributed by atoms with Crippen LogP contribution in [0.3, 0.4) is 0 Å². The van der Waals surface area contributed by atoms with E-state index in [-0.39, 0.29) is 18.0 Å². The molecule has 0 aliphatic carbocycles. The number of amides is 1. The van der Waals surface area contributed by atoms with E-state index in [2.05, 4.69) is 12.2 Å². The SMILES string of the molecule is CCCC(C)NC(=O)C(C)Oc1cccc([C@H](C)N)c1. The molecule has 0 radical (unpaired) electrons. The van der Waals surface area contributed by atoms with Crippen molar-refractivity contribution in [3.05, 3.63) is 29.8 Å². The summed E-state index contributed by atoms with van der Waals surface area (Å²) in [5.74, 6) is 0.586. The zero-order valence-corrected chi connectivity index (χ0v) is 12.8. The zero-order valence-electron chi connectivity index (χ0n) is 12.8. The molecule has 1 aromatic carbocycles. The topological polar surface area (TPSA) is 64.3 Å². The van der Waals surface area contributed by atoms with E-state index in [1.165, 1.54) is 0 Å². The fraction of sp³-hybridized carbons (Fsp3) is 0.562. The minimum atomic E-state index is -0.516. The second-order valence-corrected chi connectivity index (χ2v) is 5.32. The average molecular weight is 278 g/mol. The van der Waals surface area contributed by atoms with Gasteiger partial charge in [0.25, 0.3) is 5.91 Å². The lowest BCUT2D eigenvalue weighted by atomic mass is 10.1. The van der Waals surface area contributed by atoms with Crippen molar-refractivity contribution in [3.63, 3.8) is 0 Å². The van der Waals surface area contributed by atoms with Crippen LogP contribution in [0.2, 0.25) is 0 Å². The van der Waals surface area contributed by atoms with Crippen molar-refractivity contribution in [3.8, 4) is 5.75 Å². The number of nitrogens with one attached hydrogen (secondary N) is 1. The fourth-order valence-corrected chi connectivity index (χ4v) is 1.99. The molecule has 0 fully saturated rings. The van der Waals surface area contributed by atoms with Crippen LogP contribution in [0.4, 0.5) is 0 Å². The Bertz CT molecular complexity index is 432. The van der Waals surface area contributed by atoms with E-state index in [0.29, 0.717) is 5.75 Å². The van der Waals surface area contributed by atoms with Gasteiger partial charge in [-0.15, -0.1) is 0 Å². The second-order valence-electron chi connectivity index (χ2n) is 5.32. The third kappa shape index (κ3) is 5.21. The van der Waals surface area contributed by atoms with Gasteiger partial charge in [0.15, 0.2) is 6.10 Å². The highest BCUT2D eigenvalue weighted by atomic mass is 16.5. The predicted molar refractivity (Wildman–Crippen MR) is 81.6 cm³/mol. The van der Waals surface area contributed by atoms with E-state index in [0.717, 1.165) is 18.4 Å². The zero-order chi connectivity index (χ0) is 15.1. The lowest BCUT2D eigenvalue weighted by Crippen LogP contribution is -2.41. The number of nitrogens with two attached hydrogens (primary N) is 1. The Morgan fingerprint density at radius 3 is 2.65 bits per heavy atom. The van der Waals surface area contributed by atoms with Crippen molar-refractivity contribution in [1.82, 2.24) is 5.32 Å². The Hall–Kier alpha value is -1.55. The lowest BCUT2D eigenvalue weighted by molar-refractivity contribution is -0.127. The lowest BCUT2D eigenvalue weighted by Gasteiger charge is -2.19. The standard InChI is InChI=1S/C16H26N2O2/c1-5-7-11(2)18-16(19)13(4)20-15-9-6-8-14(10-15)12(3)17/h6,8-13H,5,7,17H2,1-4H3,(H,18,19)/t11?,12-,13?/m0/s1. The first-order chi connectivity index (χ1) is 9.43.